The van der Waals surface area contributed by atoms with Gasteiger partial charge in [-0.2, -0.15) is 5.10 Å². The molecule has 0 atom stereocenters. The molecule has 5 nitrogen and oxygen atoms in total. The molecule has 0 aliphatic carbocycles. The molecule has 0 aliphatic rings. The predicted molar refractivity (Wildman–Crippen MR) is 92.9 cm³/mol. The Labute approximate surface area is 145 Å². The van der Waals surface area contributed by atoms with Crippen molar-refractivity contribution < 1.29 is 9.18 Å². The Bertz CT molecular complexity index is 844. The molecule has 0 saturated carbocycles. The predicted octanol–water partition coefficient (Wildman–Crippen LogP) is 3.29. The Morgan fingerprint density at radius 2 is 2.00 bits per heavy atom. The van der Waals surface area contributed by atoms with E-state index in [2.05, 4.69) is 15.4 Å². The third-order valence-electron chi connectivity index (χ3n) is 3.85. The van der Waals surface area contributed by atoms with Crippen LogP contribution in [-0.4, -0.2) is 20.7 Å². The highest BCUT2D eigenvalue weighted by molar-refractivity contribution is 5.95. The van der Waals surface area contributed by atoms with Gasteiger partial charge >= 0.3 is 0 Å². The number of rotatable bonds is 6. The van der Waals surface area contributed by atoms with Gasteiger partial charge in [-0.25, -0.2) is 9.07 Å². The van der Waals surface area contributed by atoms with E-state index < -0.39 is 0 Å². The van der Waals surface area contributed by atoms with Gasteiger partial charge in [-0.05, 0) is 42.3 Å². The number of carbonyl (C=O) groups is 1. The highest BCUT2D eigenvalue weighted by atomic mass is 19.1. The highest BCUT2D eigenvalue weighted by Crippen LogP contribution is 2.17. The summed E-state index contributed by atoms with van der Waals surface area (Å²) in [5.41, 5.74) is 3.02. The molecule has 0 saturated heterocycles. The molecule has 0 radical (unpaired) electrons. The van der Waals surface area contributed by atoms with Crippen LogP contribution in [0.25, 0.3) is 5.69 Å². The zero-order chi connectivity index (χ0) is 17.6. The SMILES string of the molecule is CCCc1c(C(=O)NCc2cccnc2)cnn1-c1ccc(F)cc1. The van der Waals surface area contributed by atoms with Crippen molar-refractivity contribution in [2.45, 2.75) is 26.3 Å². The van der Waals surface area contributed by atoms with Crippen molar-refractivity contribution in [1.29, 1.82) is 0 Å². The molecule has 1 N–H and O–H groups in total. The van der Waals surface area contributed by atoms with Gasteiger partial charge in [0.2, 0.25) is 0 Å². The fourth-order valence-corrected chi connectivity index (χ4v) is 2.63. The van der Waals surface area contributed by atoms with Crippen molar-refractivity contribution in [2.24, 2.45) is 0 Å². The molecule has 0 spiro atoms. The highest BCUT2D eigenvalue weighted by Gasteiger charge is 2.17. The Morgan fingerprint density at radius 1 is 1.20 bits per heavy atom. The summed E-state index contributed by atoms with van der Waals surface area (Å²) in [6.07, 6.45) is 6.54. The number of benzene rings is 1. The van der Waals surface area contributed by atoms with Gasteiger partial charge < -0.3 is 5.32 Å². The van der Waals surface area contributed by atoms with Crippen molar-refractivity contribution in [1.82, 2.24) is 20.1 Å². The number of amides is 1. The molecule has 3 rings (SSSR count). The zero-order valence-corrected chi connectivity index (χ0v) is 13.9. The summed E-state index contributed by atoms with van der Waals surface area (Å²) in [5, 5.41) is 7.23. The molecule has 0 unspecified atom stereocenters. The average Bonchev–Trinajstić information content (AvgIpc) is 3.05. The molecule has 0 aliphatic heterocycles. The minimum absolute atomic E-state index is 0.180. The maximum atomic E-state index is 13.1. The van der Waals surface area contributed by atoms with E-state index in [1.807, 2.05) is 19.1 Å². The van der Waals surface area contributed by atoms with E-state index in [1.54, 1.807) is 35.4 Å². The summed E-state index contributed by atoms with van der Waals surface area (Å²) in [5.74, 6) is -0.483. The van der Waals surface area contributed by atoms with Gasteiger partial charge in [-0.15, -0.1) is 0 Å². The van der Waals surface area contributed by atoms with Gasteiger partial charge in [0.25, 0.3) is 5.91 Å². The number of nitrogens with zero attached hydrogens (tertiary/aromatic N) is 3. The molecular weight excluding hydrogens is 319 g/mol. The van der Waals surface area contributed by atoms with Crippen molar-refractivity contribution in [2.75, 3.05) is 0 Å². The lowest BCUT2D eigenvalue weighted by Crippen LogP contribution is -2.24. The quantitative estimate of drug-likeness (QED) is 0.750. The number of halogens is 1. The van der Waals surface area contributed by atoms with Crippen molar-refractivity contribution >= 4 is 5.91 Å². The largest absolute Gasteiger partial charge is 0.348 e. The maximum Gasteiger partial charge on any atom is 0.255 e. The van der Waals surface area contributed by atoms with E-state index in [9.17, 15) is 9.18 Å². The van der Waals surface area contributed by atoms with Crippen LogP contribution in [0.4, 0.5) is 4.39 Å². The van der Waals surface area contributed by atoms with Gasteiger partial charge in [0.1, 0.15) is 5.82 Å². The van der Waals surface area contributed by atoms with Gasteiger partial charge in [0, 0.05) is 18.9 Å². The van der Waals surface area contributed by atoms with E-state index >= 15 is 0 Å². The molecule has 3 aromatic rings. The molecule has 25 heavy (non-hydrogen) atoms. The number of aromatic nitrogens is 3. The third kappa shape index (κ3) is 3.91. The van der Waals surface area contributed by atoms with Crippen LogP contribution in [0.5, 0.6) is 0 Å². The maximum absolute atomic E-state index is 13.1. The van der Waals surface area contributed by atoms with E-state index in [-0.39, 0.29) is 11.7 Å². The molecule has 6 heteroatoms. The molecular formula is C19H19FN4O. The van der Waals surface area contributed by atoms with E-state index in [1.165, 1.54) is 12.1 Å². The van der Waals surface area contributed by atoms with Crippen LogP contribution in [0, 0.1) is 5.82 Å². The second kappa shape index (κ2) is 7.70. The fourth-order valence-electron chi connectivity index (χ4n) is 2.63. The average molecular weight is 338 g/mol. The van der Waals surface area contributed by atoms with Gasteiger partial charge in [0.05, 0.1) is 23.1 Å². The molecule has 2 heterocycles. The van der Waals surface area contributed by atoms with Crippen molar-refractivity contribution in [3.8, 4) is 5.69 Å². The zero-order valence-electron chi connectivity index (χ0n) is 13.9. The lowest BCUT2D eigenvalue weighted by Gasteiger charge is -2.09. The molecule has 1 amide bonds. The lowest BCUT2D eigenvalue weighted by molar-refractivity contribution is 0.0950. The minimum atomic E-state index is -0.303. The van der Waals surface area contributed by atoms with Crippen LogP contribution in [0.15, 0.2) is 55.0 Å². The van der Waals surface area contributed by atoms with Crippen LogP contribution >= 0.6 is 0 Å². The summed E-state index contributed by atoms with van der Waals surface area (Å²) in [6, 6.07) is 9.81. The smallest absolute Gasteiger partial charge is 0.255 e. The first-order valence-electron chi connectivity index (χ1n) is 8.19. The number of hydrogen-bond acceptors (Lipinski definition) is 3. The van der Waals surface area contributed by atoms with Gasteiger partial charge in [-0.3, -0.25) is 9.78 Å². The van der Waals surface area contributed by atoms with Gasteiger partial charge in [0.15, 0.2) is 0 Å². The van der Waals surface area contributed by atoms with Crippen LogP contribution in [0.3, 0.4) is 0 Å². The van der Waals surface area contributed by atoms with E-state index in [0.29, 0.717) is 18.5 Å². The minimum Gasteiger partial charge on any atom is -0.348 e. The standard InChI is InChI=1S/C19H19FN4O/c1-2-4-18-17(19(25)22-12-14-5-3-10-21-11-14)13-23-24(18)16-8-6-15(20)7-9-16/h3,5-11,13H,2,4,12H2,1H3,(H,22,25). The number of nitrogens with one attached hydrogen (secondary N) is 1. The summed E-state index contributed by atoms with van der Waals surface area (Å²) in [7, 11) is 0. The number of hydrogen-bond donors (Lipinski definition) is 1. The van der Waals surface area contributed by atoms with E-state index in [4.69, 9.17) is 0 Å². The van der Waals surface area contributed by atoms with Crippen LogP contribution in [-0.2, 0) is 13.0 Å². The van der Waals surface area contributed by atoms with Crippen LogP contribution in [0.2, 0.25) is 0 Å². The Balaban J connectivity index is 1.83. The molecule has 128 valence electrons. The van der Waals surface area contributed by atoms with Crippen molar-refractivity contribution in [3.63, 3.8) is 0 Å². The normalized spacial score (nSPS) is 10.6. The second-order valence-corrected chi connectivity index (χ2v) is 5.69. The number of carbonyl (C=O) groups excluding carboxylic acids is 1. The summed E-state index contributed by atoms with van der Waals surface area (Å²) in [4.78, 5) is 16.6. The van der Waals surface area contributed by atoms with Crippen molar-refractivity contribution in [3.05, 3.63) is 77.6 Å². The van der Waals surface area contributed by atoms with E-state index in [0.717, 1.165) is 23.4 Å². The van der Waals surface area contributed by atoms with Crippen LogP contribution < -0.4 is 5.32 Å². The van der Waals surface area contributed by atoms with Gasteiger partial charge in [-0.1, -0.05) is 19.4 Å². The topological polar surface area (TPSA) is 59.8 Å². The lowest BCUT2D eigenvalue weighted by atomic mass is 10.1. The third-order valence-corrected chi connectivity index (χ3v) is 3.85. The molecule has 0 bridgehead atoms. The summed E-state index contributed by atoms with van der Waals surface area (Å²) in [6.45, 7) is 2.44. The molecule has 1 aromatic carbocycles. The summed E-state index contributed by atoms with van der Waals surface area (Å²) < 4.78 is 14.8. The summed E-state index contributed by atoms with van der Waals surface area (Å²) >= 11 is 0. The Morgan fingerprint density at radius 3 is 2.68 bits per heavy atom. The Kier molecular flexibility index (Phi) is 5.18. The number of pyridine rings is 1. The second-order valence-electron chi connectivity index (χ2n) is 5.69. The molecule has 2 aromatic heterocycles. The Hall–Kier alpha value is -3.02. The fraction of sp³-hybridized carbons (Fsp3) is 0.211. The first-order valence-corrected chi connectivity index (χ1v) is 8.19. The van der Waals surface area contributed by atoms with Crippen LogP contribution in [0.1, 0.15) is 35.0 Å². The molecule has 0 fully saturated rings. The monoisotopic (exact) mass is 338 g/mol. The first-order chi connectivity index (χ1) is 12.2. The first kappa shape index (κ1) is 16.8.